The summed E-state index contributed by atoms with van der Waals surface area (Å²) in [5, 5.41) is 0. The fourth-order valence-corrected chi connectivity index (χ4v) is 2.95. The molecule has 1 aromatic rings. The number of likely N-dealkylation sites (tertiary alicyclic amines) is 1. The summed E-state index contributed by atoms with van der Waals surface area (Å²) in [7, 11) is 5.32. The number of benzene rings is 1. The highest BCUT2D eigenvalue weighted by Crippen LogP contribution is 2.24. The van der Waals surface area contributed by atoms with Crippen molar-refractivity contribution < 1.29 is 9.59 Å². The van der Waals surface area contributed by atoms with Crippen LogP contribution in [0.4, 0.5) is 0 Å². The van der Waals surface area contributed by atoms with Crippen molar-refractivity contribution in [2.24, 2.45) is 0 Å². The zero-order valence-corrected chi connectivity index (χ0v) is 14.4. The van der Waals surface area contributed by atoms with Gasteiger partial charge in [0.05, 0.1) is 6.54 Å². The van der Waals surface area contributed by atoms with Crippen molar-refractivity contribution in [3.63, 3.8) is 0 Å². The summed E-state index contributed by atoms with van der Waals surface area (Å²) in [5.41, 5.74) is 0.942. The molecule has 1 aromatic carbocycles. The van der Waals surface area contributed by atoms with Crippen molar-refractivity contribution >= 4 is 11.8 Å². The van der Waals surface area contributed by atoms with Crippen LogP contribution in [0.15, 0.2) is 30.3 Å². The van der Waals surface area contributed by atoms with Gasteiger partial charge in [-0.05, 0) is 31.9 Å². The predicted octanol–water partition coefficient (Wildman–Crippen LogP) is 1.76. The Morgan fingerprint density at radius 1 is 1.04 bits per heavy atom. The maximum absolute atomic E-state index is 13.1. The van der Waals surface area contributed by atoms with Gasteiger partial charge in [-0.3, -0.25) is 14.5 Å². The predicted molar refractivity (Wildman–Crippen MR) is 90.9 cm³/mol. The van der Waals surface area contributed by atoms with Gasteiger partial charge in [0.2, 0.25) is 11.8 Å². The van der Waals surface area contributed by atoms with E-state index in [1.54, 1.807) is 19.0 Å². The summed E-state index contributed by atoms with van der Waals surface area (Å²) in [6.07, 6.45) is 3.32. The molecule has 5 nitrogen and oxygen atoms in total. The van der Waals surface area contributed by atoms with E-state index < -0.39 is 6.04 Å². The Kier molecular flexibility index (Phi) is 6.16. The van der Waals surface area contributed by atoms with Crippen LogP contribution in [0.1, 0.15) is 30.9 Å². The molecule has 0 aromatic heterocycles. The Morgan fingerprint density at radius 2 is 1.65 bits per heavy atom. The standard InChI is InChI=1S/C18H27N3O2/c1-19(2)16(22)14-20(3)17(15-10-6-4-7-11-15)18(23)21-12-8-5-9-13-21/h4,6-7,10-11,17H,5,8-9,12-14H2,1-3H3. The van der Waals surface area contributed by atoms with E-state index in [0.717, 1.165) is 31.5 Å². The highest BCUT2D eigenvalue weighted by Gasteiger charge is 2.31. The van der Waals surface area contributed by atoms with Crippen LogP contribution in [-0.4, -0.2) is 67.3 Å². The fourth-order valence-electron chi connectivity index (χ4n) is 2.95. The van der Waals surface area contributed by atoms with Crippen LogP contribution < -0.4 is 0 Å². The Bertz CT molecular complexity index is 524. The van der Waals surface area contributed by atoms with Crippen LogP contribution in [0.2, 0.25) is 0 Å². The molecular formula is C18H27N3O2. The molecule has 1 saturated heterocycles. The van der Waals surface area contributed by atoms with Crippen LogP contribution in [-0.2, 0) is 9.59 Å². The van der Waals surface area contributed by atoms with E-state index in [2.05, 4.69) is 0 Å². The largest absolute Gasteiger partial charge is 0.348 e. The molecule has 2 amide bonds. The topological polar surface area (TPSA) is 43.9 Å². The first kappa shape index (κ1) is 17.5. The van der Waals surface area contributed by atoms with E-state index >= 15 is 0 Å². The zero-order chi connectivity index (χ0) is 16.8. The summed E-state index contributed by atoms with van der Waals surface area (Å²) < 4.78 is 0. The molecule has 0 radical (unpaired) electrons. The first-order valence-corrected chi connectivity index (χ1v) is 8.25. The molecule has 0 saturated carbocycles. The van der Waals surface area contributed by atoms with Crippen LogP contribution in [0.5, 0.6) is 0 Å². The Labute approximate surface area is 138 Å². The van der Waals surface area contributed by atoms with Crippen LogP contribution >= 0.6 is 0 Å². The lowest BCUT2D eigenvalue weighted by Gasteiger charge is -2.34. The zero-order valence-electron chi connectivity index (χ0n) is 14.4. The number of carbonyl (C=O) groups excluding carboxylic acids is 2. The van der Waals surface area contributed by atoms with Gasteiger partial charge in [-0.15, -0.1) is 0 Å². The summed E-state index contributed by atoms with van der Waals surface area (Å²) in [4.78, 5) is 30.5. The number of nitrogens with zero attached hydrogens (tertiary/aromatic N) is 3. The highest BCUT2D eigenvalue weighted by molar-refractivity contribution is 5.85. The highest BCUT2D eigenvalue weighted by atomic mass is 16.2. The van der Waals surface area contributed by atoms with E-state index in [1.165, 1.54) is 6.42 Å². The smallest absolute Gasteiger partial charge is 0.244 e. The second-order valence-electron chi connectivity index (χ2n) is 6.40. The van der Waals surface area contributed by atoms with Crippen molar-refractivity contribution in [3.05, 3.63) is 35.9 Å². The molecule has 0 aliphatic carbocycles. The molecule has 5 heteroatoms. The molecule has 23 heavy (non-hydrogen) atoms. The molecule has 0 N–H and O–H groups in total. The van der Waals surface area contributed by atoms with E-state index in [4.69, 9.17) is 0 Å². The molecule has 0 spiro atoms. The summed E-state index contributed by atoms with van der Waals surface area (Å²) in [6.45, 7) is 1.86. The lowest BCUT2D eigenvalue weighted by molar-refractivity contribution is -0.139. The van der Waals surface area contributed by atoms with Gasteiger partial charge in [0.1, 0.15) is 6.04 Å². The molecule has 1 unspecified atom stereocenters. The van der Waals surface area contributed by atoms with Gasteiger partial charge in [-0.25, -0.2) is 0 Å². The van der Waals surface area contributed by atoms with Crippen molar-refractivity contribution in [1.82, 2.24) is 14.7 Å². The minimum absolute atomic E-state index is 0.000115. The maximum atomic E-state index is 13.1. The van der Waals surface area contributed by atoms with E-state index in [9.17, 15) is 9.59 Å². The normalized spacial score (nSPS) is 16.3. The number of amides is 2. The second-order valence-corrected chi connectivity index (χ2v) is 6.40. The number of rotatable bonds is 5. The van der Waals surface area contributed by atoms with Gasteiger partial charge in [-0.2, -0.15) is 0 Å². The fraction of sp³-hybridized carbons (Fsp3) is 0.556. The number of likely N-dealkylation sites (N-methyl/N-ethyl adjacent to an activating group) is 2. The number of hydrogen-bond donors (Lipinski definition) is 0. The average Bonchev–Trinajstić information content (AvgIpc) is 2.56. The molecule has 1 aliphatic rings. The Morgan fingerprint density at radius 3 is 2.22 bits per heavy atom. The third-order valence-electron chi connectivity index (χ3n) is 4.34. The monoisotopic (exact) mass is 317 g/mol. The van der Waals surface area contributed by atoms with Gasteiger partial charge in [0.25, 0.3) is 0 Å². The Hall–Kier alpha value is -1.88. The molecule has 1 aliphatic heterocycles. The second kappa shape index (κ2) is 8.11. The molecular weight excluding hydrogens is 290 g/mol. The minimum atomic E-state index is -0.404. The minimum Gasteiger partial charge on any atom is -0.348 e. The van der Waals surface area contributed by atoms with E-state index in [0.29, 0.717) is 0 Å². The van der Waals surface area contributed by atoms with Crippen LogP contribution in [0.3, 0.4) is 0 Å². The van der Waals surface area contributed by atoms with Crippen molar-refractivity contribution in [3.8, 4) is 0 Å². The lowest BCUT2D eigenvalue weighted by atomic mass is 10.0. The van der Waals surface area contributed by atoms with E-state index in [-0.39, 0.29) is 18.4 Å². The third kappa shape index (κ3) is 4.55. The molecule has 2 rings (SSSR count). The van der Waals surface area contributed by atoms with Crippen molar-refractivity contribution in [1.29, 1.82) is 0 Å². The van der Waals surface area contributed by atoms with Crippen molar-refractivity contribution in [2.45, 2.75) is 25.3 Å². The molecule has 1 atom stereocenters. The van der Waals surface area contributed by atoms with Gasteiger partial charge >= 0.3 is 0 Å². The SMILES string of the molecule is CN(C)C(=O)CN(C)C(C(=O)N1CCCCC1)c1ccccc1. The first-order valence-electron chi connectivity index (χ1n) is 8.25. The molecule has 1 heterocycles. The number of piperidine rings is 1. The quantitative estimate of drug-likeness (QED) is 0.831. The van der Waals surface area contributed by atoms with Gasteiger partial charge in [0.15, 0.2) is 0 Å². The van der Waals surface area contributed by atoms with Crippen LogP contribution in [0, 0.1) is 0 Å². The lowest BCUT2D eigenvalue weighted by Crippen LogP contribution is -2.46. The van der Waals surface area contributed by atoms with E-state index in [1.807, 2.05) is 47.2 Å². The third-order valence-corrected chi connectivity index (χ3v) is 4.34. The molecule has 126 valence electrons. The maximum Gasteiger partial charge on any atom is 0.244 e. The number of hydrogen-bond acceptors (Lipinski definition) is 3. The molecule has 0 bridgehead atoms. The van der Waals surface area contributed by atoms with Gasteiger partial charge in [0, 0.05) is 27.2 Å². The summed E-state index contributed by atoms with van der Waals surface area (Å²) >= 11 is 0. The first-order chi connectivity index (χ1) is 11.0. The number of carbonyl (C=O) groups is 2. The van der Waals surface area contributed by atoms with Gasteiger partial charge in [-0.1, -0.05) is 30.3 Å². The average molecular weight is 317 g/mol. The van der Waals surface area contributed by atoms with Gasteiger partial charge < -0.3 is 9.80 Å². The molecule has 1 fully saturated rings. The van der Waals surface area contributed by atoms with Crippen molar-refractivity contribution in [2.75, 3.05) is 40.8 Å². The summed E-state index contributed by atoms with van der Waals surface area (Å²) in [5.74, 6) is 0.102. The Balaban J connectivity index is 2.21. The van der Waals surface area contributed by atoms with Crippen LogP contribution in [0.25, 0.3) is 0 Å². The summed E-state index contributed by atoms with van der Waals surface area (Å²) in [6, 6.07) is 9.34.